The van der Waals surface area contributed by atoms with Gasteiger partial charge in [-0.25, -0.2) is 0 Å². The fraction of sp³-hybridized carbons (Fsp3) is 0.167. The Bertz CT molecular complexity index is 1050. The van der Waals surface area contributed by atoms with Crippen LogP contribution in [0.3, 0.4) is 0 Å². The second kappa shape index (κ2) is 11.5. The molecule has 0 amide bonds. The Kier molecular flexibility index (Phi) is 8.70. The highest BCUT2D eigenvalue weighted by molar-refractivity contribution is 8.24. The van der Waals surface area contributed by atoms with E-state index in [0.29, 0.717) is 11.5 Å². The summed E-state index contributed by atoms with van der Waals surface area (Å²) in [5.41, 5.74) is 2.67. The Morgan fingerprint density at radius 1 is 0.812 bits per heavy atom. The Hall–Kier alpha value is -0.900. The molecular formula is C24H20O2S6. The number of rotatable bonds is 8. The summed E-state index contributed by atoms with van der Waals surface area (Å²) in [7, 11) is 0. The Balaban J connectivity index is 1.53. The molecule has 2 atom stereocenters. The number of carbonyl (C=O) groups excluding carboxylic acids is 2. The zero-order chi connectivity index (χ0) is 22.5. The van der Waals surface area contributed by atoms with Crippen LogP contribution in [0.5, 0.6) is 0 Å². The predicted molar refractivity (Wildman–Crippen MR) is 151 cm³/mol. The number of fused-ring (bicyclic) bond motifs is 1. The quantitative estimate of drug-likeness (QED) is 0.314. The molecule has 0 bridgehead atoms. The highest BCUT2D eigenvalue weighted by atomic mass is 32.2. The van der Waals surface area contributed by atoms with Crippen LogP contribution in [0.4, 0.5) is 0 Å². The lowest BCUT2D eigenvalue weighted by molar-refractivity contribution is -0.107. The van der Waals surface area contributed by atoms with Gasteiger partial charge in [0.2, 0.25) is 10.2 Å². The Morgan fingerprint density at radius 2 is 1.25 bits per heavy atom. The van der Waals surface area contributed by atoms with E-state index in [1.165, 1.54) is 67.4 Å². The maximum Gasteiger partial charge on any atom is 0.211 e. The molecule has 2 aliphatic heterocycles. The number of hydrogen-bond donors (Lipinski definition) is 0. The van der Waals surface area contributed by atoms with Crippen LogP contribution in [0.2, 0.25) is 0 Å². The zero-order valence-electron chi connectivity index (χ0n) is 17.0. The van der Waals surface area contributed by atoms with E-state index in [-0.39, 0.29) is 19.4 Å². The smallest absolute Gasteiger partial charge is 0.211 e. The minimum absolute atomic E-state index is 0.0107. The van der Waals surface area contributed by atoms with Crippen LogP contribution >= 0.6 is 70.6 Å². The molecule has 2 aromatic carbocycles. The van der Waals surface area contributed by atoms with Crippen LogP contribution < -0.4 is 0 Å². The van der Waals surface area contributed by atoms with Crippen molar-refractivity contribution in [3.05, 3.63) is 93.5 Å². The van der Waals surface area contributed by atoms with Crippen molar-refractivity contribution in [1.82, 2.24) is 0 Å². The van der Waals surface area contributed by atoms with Gasteiger partial charge in [0, 0.05) is 21.3 Å². The van der Waals surface area contributed by atoms with E-state index >= 15 is 0 Å². The summed E-state index contributed by atoms with van der Waals surface area (Å²) >= 11 is 9.91. The van der Waals surface area contributed by atoms with Gasteiger partial charge in [0.15, 0.2) is 0 Å². The molecule has 8 heteroatoms. The average molecular weight is 533 g/mol. The van der Waals surface area contributed by atoms with Crippen LogP contribution in [0.15, 0.2) is 82.3 Å². The van der Waals surface area contributed by atoms with E-state index in [9.17, 15) is 9.59 Å². The molecule has 2 aliphatic rings. The molecule has 0 aliphatic carbocycles. The molecule has 0 N–H and O–H groups in total. The van der Waals surface area contributed by atoms with Gasteiger partial charge in [0.25, 0.3) is 0 Å². The second-order valence-electron chi connectivity index (χ2n) is 6.79. The molecule has 0 aromatic heterocycles. The molecular weight excluding hydrogens is 513 g/mol. The van der Waals surface area contributed by atoms with E-state index in [0.717, 1.165) is 0 Å². The van der Waals surface area contributed by atoms with E-state index in [1.54, 1.807) is 0 Å². The molecule has 2 nitrogen and oxygen atoms in total. The van der Waals surface area contributed by atoms with Gasteiger partial charge in [-0.2, -0.15) is 0 Å². The van der Waals surface area contributed by atoms with Crippen LogP contribution in [-0.2, 0) is 9.59 Å². The molecule has 2 unspecified atom stereocenters. The first-order valence-corrected chi connectivity index (χ1v) is 15.3. The second-order valence-corrected chi connectivity index (χ2v) is 13.8. The maximum absolute atomic E-state index is 11.6. The summed E-state index contributed by atoms with van der Waals surface area (Å²) in [5.74, 6) is 1.38. The first kappa shape index (κ1) is 24.2. The van der Waals surface area contributed by atoms with Gasteiger partial charge >= 0.3 is 0 Å². The standard InChI is InChI=1S/C24H20O2S6/c1-3-21(25)27-11-17-13-29-23(31-17)19-9-15-7-5-6-8-16(15)10-20(19)24-30-14-18(32-24)12-28-22(26)4-2/h3-10,13-14,23-24H,1-2,11-12H2. The fourth-order valence-corrected chi connectivity index (χ4v) is 10.2. The predicted octanol–water partition coefficient (Wildman–Crippen LogP) is 8.37. The largest absolute Gasteiger partial charge is 0.282 e. The van der Waals surface area contributed by atoms with Crippen molar-refractivity contribution < 1.29 is 9.59 Å². The van der Waals surface area contributed by atoms with Crippen molar-refractivity contribution >= 4 is 91.6 Å². The van der Waals surface area contributed by atoms with E-state index in [4.69, 9.17) is 0 Å². The molecule has 0 fully saturated rings. The fourth-order valence-electron chi connectivity index (χ4n) is 3.16. The van der Waals surface area contributed by atoms with Gasteiger partial charge < -0.3 is 0 Å². The normalized spacial score (nSPS) is 20.1. The van der Waals surface area contributed by atoms with Gasteiger partial charge in [-0.3, -0.25) is 9.59 Å². The Morgan fingerprint density at radius 3 is 1.66 bits per heavy atom. The van der Waals surface area contributed by atoms with Crippen molar-refractivity contribution in [2.24, 2.45) is 0 Å². The summed E-state index contributed by atoms with van der Waals surface area (Å²) in [6.45, 7) is 7.10. The van der Waals surface area contributed by atoms with Crippen molar-refractivity contribution in [1.29, 1.82) is 0 Å². The maximum atomic E-state index is 11.6. The summed E-state index contributed by atoms with van der Waals surface area (Å²) < 4.78 is 0.539. The van der Waals surface area contributed by atoms with Gasteiger partial charge in [-0.15, -0.1) is 47.0 Å². The van der Waals surface area contributed by atoms with Crippen LogP contribution in [-0.4, -0.2) is 21.7 Å². The zero-order valence-corrected chi connectivity index (χ0v) is 21.9. The molecule has 2 aromatic rings. The summed E-state index contributed by atoms with van der Waals surface area (Å²) in [4.78, 5) is 25.7. The molecule has 0 saturated carbocycles. The van der Waals surface area contributed by atoms with Gasteiger partial charge in [-0.05, 0) is 57.0 Å². The first-order valence-electron chi connectivity index (χ1n) is 9.70. The van der Waals surface area contributed by atoms with Crippen LogP contribution in [0.1, 0.15) is 20.3 Å². The number of carbonyl (C=O) groups is 2. The van der Waals surface area contributed by atoms with Crippen molar-refractivity contribution in [3.63, 3.8) is 0 Å². The number of benzene rings is 2. The van der Waals surface area contributed by atoms with Gasteiger partial charge in [0.1, 0.15) is 0 Å². The highest BCUT2D eigenvalue weighted by Crippen LogP contribution is 2.58. The van der Waals surface area contributed by atoms with E-state index in [2.05, 4.69) is 60.4 Å². The lowest BCUT2D eigenvalue weighted by Crippen LogP contribution is -1.98. The average Bonchev–Trinajstić information content (AvgIpc) is 3.50. The minimum Gasteiger partial charge on any atom is -0.282 e. The molecule has 0 radical (unpaired) electrons. The SMILES string of the molecule is C=CC(=O)SCC1=CSC(c2cc3ccccc3cc2C2SC=C(CSC(=O)C=C)S2)S1. The highest BCUT2D eigenvalue weighted by Gasteiger charge is 2.29. The van der Waals surface area contributed by atoms with Gasteiger partial charge in [0.05, 0.1) is 9.16 Å². The molecule has 32 heavy (non-hydrogen) atoms. The molecule has 0 saturated heterocycles. The molecule has 4 rings (SSSR count). The summed E-state index contributed by atoms with van der Waals surface area (Å²) in [5, 5.41) is 6.88. The lowest BCUT2D eigenvalue weighted by Gasteiger charge is -2.20. The van der Waals surface area contributed by atoms with Crippen molar-refractivity contribution in [2.75, 3.05) is 11.5 Å². The summed E-state index contributed by atoms with van der Waals surface area (Å²) in [6, 6.07) is 13.1. The van der Waals surface area contributed by atoms with Crippen LogP contribution in [0.25, 0.3) is 10.8 Å². The van der Waals surface area contributed by atoms with Gasteiger partial charge in [-0.1, -0.05) is 60.9 Å². The lowest BCUT2D eigenvalue weighted by atomic mass is 10.0. The third-order valence-corrected chi connectivity index (χ3v) is 12.3. The monoisotopic (exact) mass is 532 g/mol. The molecule has 164 valence electrons. The minimum atomic E-state index is 0.0107. The summed E-state index contributed by atoms with van der Waals surface area (Å²) in [6.07, 6.45) is 2.74. The molecule has 0 spiro atoms. The topological polar surface area (TPSA) is 34.1 Å². The number of thioether (sulfide) groups is 6. The third-order valence-electron chi connectivity index (χ3n) is 4.67. The van der Waals surface area contributed by atoms with Crippen LogP contribution in [0, 0.1) is 0 Å². The van der Waals surface area contributed by atoms with E-state index in [1.807, 2.05) is 47.0 Å². The Labute approximate surface area is 214 Å². The molecule has 2 heterocycles. The van der Waals surface area contributed by atoms with Crippen molar-refractivity contribution in [2.45, 2.75) is 9.16 Å². The third kappa shape index (κ3) is 5.96. The first-order chi connectivity index (χ1) is 15.6. The van der Waals surface area contributed by atoms with E-state index < -0.39 is 0 Å². The number of hydrogen-bond acceptors (Lipinski definition) is 8. The van der Waals surface area contributed by atoms with Crippen molar-refractivity contribution in [3.8, 4) is 0 Å².